The van der Waals surface area contributed by atoms with Crippen molar-refractivity contribution in [3.63, 3.8) is 0 Å². The topological polar surface area (TPSA) is 63.3 Å². The summed E-state index contributed by atoms with van der Waals surface area (Å²) in [5.74, 6) is -1.02. The molecule has 0 heterocycles. The van der Waals surface area contributed by atoms with Gasteiger partial charge >= 0.3 is 12.1 Å². The third kappa shape index (κ3) is 4.75. The normalized spacial score (nSPS) is 13.3. The summed E-state index contributed by atoms with van der Waals surface area (Å²) in [5, 5.41) is 8.53. The predicted octanol–water partition coefficient (Wildman–Crippen LogP) is 2.66. The molecule has 0 saturated carbocycles. The molecule has 0 bridgehead atoms. The van der Waals surface area contributed by atoms with Gasteiger partial charge in [0.25, 0.3) is 0 Å². The summed E-state index contributed by atoms with van der Waals surface area (Å²) in [6, 6.07) is 5.28. The summed E-state index contributed by atoms with van der Waals surface area (Å²) in [6.07, 6.45) is -5.40. The highest BCUT2D eigenvalue weighted by Crippen LogP contribution is 2.27. The van der Waals surface area contributed by atoms with Gasteiger partial charge in [0.05, 0.1) is 6.42 Å². The highest BCUT2D eigenvalue weighted by atomic mass is 19.4. The first kappa shape index (κ1) is 14.5. The maximum Gasteiger partial charge on any atom is 0.393 e. The lowest BCUT2D eigenvalue weighted by molar-refractivity contribution is -0.137. The van der Waals surface area contributed by atoms with E-state index in [9.17, 15) is 18.0 Å². The second kappa shape index (κ2) is 5.86. The fourth-order valence-electron chi connectivity index (χ4n) is 1.71. The van der Waals surface area contributed by atoms with E-state index in [1.807, 2.05) is 0 Å². The van der Waals surface area contributed by atoms with Crippen molar-refractivity contribution < 1.29 is 23.1 Å². The van der Waals surface area contributed by atoms with E-state index in [4.69, 9.17) is 10.8 Å². The first-order valence-corrected chi connectivity index (χ1v) is 5.41. The van der Waals surface area contributed by atoms with Crippen LogP contribution >= 0.6 is 0 Å². The fraction of sp³-hybridized carbons (Fsp3) is 0.417. The van der Waals surface area contributed by atoms with Crippen LogP contribution in [-0.2, 0) is 11.2 Å². The highest BCUT2D eigenvalue weighted by Gasteiger charge is 2.29. The van der Waals surface area contributed by atoms with E-state index >= 15 is 0 Å². The molecule has 0 aliphatic carbocycles. The van der Waals surface area contributed by atoms with Crippen LogP contribution in [0.2, 0.25) is 0 Å². The molecule has 0 aliphatic rings. The monoisotopic (exact) mass is 261 g/mol. The van der Waals surface area contributed by atoms with Crippen molar-refractivity contribution in [3.8, 4) is 0 Å². The molecule has 0 aromatic heterocycles. The molecule has 1 aromatic rings. The molecular weight excluding hydrogens is 247 g/mol. The lowest BCUT2D eigenvalue weighted by atomic mass is 9.95. The van der Waals surface area contributed by atoms with Gasteiger partial charge in [-0.15, -0.1) is 0 Å². The molecular formula is C12H14F3NO2. The molecule has 0 fully saturated rings. The minimum Gasteiger partial charge on any atom is -0.481 e. The number of nitrogens with two attached hydrogens (primary N) is 1. The maximum absolute atomic E-state index is 12.4. The summed E-state index contributed by atoms with van der Waals surface area (Å²) in [5.41, 5.74) is 6.19. The quantitative estimate of drug-likeness (QED) is 0.856. The molecule has 0 saturated heterocycles. The number of alkyl halides is 3. The van der Waals surface area contributed by atoms with E-state index in [1.165, 1.54) is 18.2 Å². The van der Waals surface area contributed by atoms with Crippen LogP contribution in [-0.4, -0.2) is 17.3 Å². The Hall–Kier alpha value is -1.56. The van der Waals surface area contributed by atoms with E-state index in [0.717, 1.165) is 0 Å². The number of carboxylic acid groups (broad SMARTS) is 1. The van der Waals surface area contributed by atoms with Crippen molar-refractivity contribution in [2.45, 2.75) is 31.5 Å². The second-order valence-corrected chi connectivity index (χ2v) is 4.03. The summed E-state index contributed by atoms with van der Waals surface area (Å²) in [7, 11) is 0. The average molecular weight is 261 g/mol. The Morgan fingerprint density at radius 2 is 1.94 bits per heavy atom. The van der Waals surface area contributed by atoms with Crippen molar-refractivity contribution in [2.24, 2.45) is 5.73 Å². The van der Waals surface area contributed by atoms with Crippen molar-refractivity contribution >= 4 is 5.97 Å². The zero-order chi connectivity index (χ0) is 13.8. The predicted molar refractivity (Wildman–Crippen MR) is 60.0 cm³/mol. The number of carboxylic acids is 1. The van der Waals surface area contributed by atoms with Crippen LogP contribution in [0.15, 0.2) is 24.3 Å². The molecule has 1 unspecified atom stereocenters. The van der Waals surface area contributed by atoms with Crippen LogP contribution < -0.4 is 5.73 Å². The van der Waals surface area contributed by atoms with Gasteiger partial charge in [-0.1, -0.05) is 24.3 Å². The smallest absolute Gasteiger partial charge is 0.393 e. The zero-order valence-corrected chi connectivity index (χ0v) is 9.57. The van der Waals surface area contributed by atoms with E-state index in [-0.39, 0.29) is 18.4 Å². The molecule has 0 radical (unpaired) electrons. The Balaban J connectivity index is 2.84. The SMILES string of the molecule is NC(CCC(=O)O)c1ccccc1CC(F)(F)F. The molecule has 0 aliphatic heterocycles. The number of rotatable bonds is 5. The third-order valence-electron chi connectivity index (χ3n) is 2.51. The molecule has 1 aromatic carbocycles. The van der Waals surface area contributed by atoms with Gasteiger partial charge in [-0.05, 0) is 17.5 Å². The van der Waals surface area contributed by atoms with Gasteiger partial charge in [0.1, 0.15) is 0 Å². The number of halogens is 3. The van der Waals surface area contributed by atoms with Gasteiger partial charge in [0.2, 0.25) is 0 Å². The van der Waals surface area contributed by atoms with Crippen LogP contribution in [0.3, 0.4) is 0 Å². The number of hydrogen-bond donors (Lipinski definition) is 2. The van der Waals surface area contributed by atoms with E-state index in [1.54, 1.807) is 6.07 Å². The molecule has 0 amide bonds. The molecule has 100 valence electrons. The van der Waals surface area contributed by atoms with Gasteiger partial charge in [-0.25, -0.2) is 0 Å². The summed E-state index contributed by atoms with van der Waals surface area (Å²) < 4.78 is 37.1. The number of carbonyl (C=O) groups is 1. The molecule has 1 atom stereocenters. The van der Waals surface area contributed by atoms with Gasteiger partial charge in [0.15, 0.2) is 0 Å². The van der Waals surface area contributed by atoms with Crippen molar-refractivity contribution in [3.05, 3.63) is 35.4 Å². The first-order valence-electron chi connectivity index (χ1n) is 5.41. The lowest BCUT2D eigenvalue weighted by Crippen LogP contribution is -2.18. The molecule has 3 nitrogen and oxygen atoms in total. The Kier molecular flexibility index (Phi) is 4.72. The van der Waals surface area contributed by atoms with E-state index in [2.05, 4.69) is 0 Å². The van der Waals surface area contributed by atoms with Crippen molar-refractivity contribution in [1.29, 1.82) is 0 Å². The molecule has 6 heteroatoms. The van der Waals surface area contributed by atoms with Crippen LogP contribution in [0.1, 0.15) is 30.0 Å². The number of benzene rings is 1. The first-order chi connectivity index (χ1) is 8.29. The van der Waals surface area contributed by atoms with E-state index in [0.29, 0.717) is 5.56 Å². The van der Waals surface area contributed by atoms with Crippen LogP contribution in [0.25, 0.3) is 0 Å². The summed E-state index contributed by atoms with van der Waals surface area (Å²) >= 11 is 0. The summed E-state index contributed by atoms with van der Waals surface area (Å²) in [6.45, 7) is 0. The maximum atomic E-state index is 12.4. The molecule has 0 spiro atoms. The minimum atomic E-state index is -4.30. The lowest BCUT2D eigenvalue weighted by Gasteiger charge is -2.16. The number of hydrogen-bond acceptors (Lipinski definition) is 2. The van der Waals surface area contributed by atoms with Crippen LogP contribution in [0.5, 0.6) is 0 Å². The molecule has 3 N–H and O–H groups in total. The largest absolute Gasteiger partial charge is 0.481 e. The Morgan fingerprint density at radius 1 is 1.33 bits per heavy atom. The van der Waals surface area contributed by atoms with Gasteiger partial charge < -0.3 is 10.8 Å². The molecule has 18 heavy (non-hydrogen) atoms. The molecule has 1 rings (SSSR count). The summed E-state index contributed by atoms with van der Waals surface area (Å²) in [4.78, 5) is 10.4. The van der Waals surface area contributed by atoms with Crippen molar-refractivity contribution in [2.75, 3.05) is 0 Å². The third-order valence-corrected chi connectivity index (χ3v) is 2.51. The van der Waals surface area contributed by atoms with Gasteiger partial charge in [-0.2, -0.15) is 13.2 Å². The van der Waals surface area contributed by atoms with E-state index < -0.39 is 24.6 Å². The second-order valence-electron chi connectivity index (χ2n) is 4.03. The Morgan fingerprint density at radius 3 is 2.50 bits per heavy atom. The minimum absolute atomic E-state index is 0.0999. The van der Waals surface area contributed by atoms with Gasteiger partial charge in [-0.3, -0.25) is 4.79 Å². The van der Waals surface area contributed by atoms with Crippen LogP contribution in [0.4, 0.5) is 13.2 Å². The highest BCUT2D eigenvalue weighted by molar-refractivity contribution is 5.66. The van der Waals surface area contributed by atoms with Crippen molar-refractivity contribution in [1.82, 2.24) is 0 Å². The van der Waals surface area contributed by atoms with Crippen LogP contribution in [0, 0.1) is 0 Å². The standard InChI is InChI=1S/C12H14F3NO2/c13-12(14,15)7-8-3-1-2-4-9(8)10(16)5-6-11(17)18/h1-4,10H,5-7,16H2,(H,17,18). The number of aliphatic carboxylic acids is 1. The fourth-order valence-corrected chi connectivity index (χ4v) is 1.71. The van der Waals surface area contributed by atoms with Gasteiger partial charge in [0, 0.05) is 12.5 Å². The Labute approximate surface area is 102 Å². The average Bonchev–Trinajstić information content (AvgIpc) is 2.24. The zero-order valence-electron chi connectivity index (χ0n) is 9.57. The Bertz CT molecular complexity index is 418.